The molecule has 3 nitrogen and oxygen atoms in total. The molecule has 0 fully saturated rings. The molecule has 0 bridgehead atoms. The lowest BCUT2D eigenvalue weighted by Gasteiger charge is -2.31. The standard InChI is InChI=1S/C27H26O3SSi/c1-28-32(24-16-9-4-10-17-24,29-21-20-22-12-5-2-6-13-22)26-19-11-18-25(31)27(26)30-23-14-7-3-8-15-23/h2-19,31H,20-21H2,1H3. The van der Waals surface area contributed by atoms with Crippen molar-refractivity contribution >= 4 is 31.6 Å². The number of hydrogen-bond acceptors (Lipinski definition) is 4. The van der Waals surface area contributed by atoms with Gasteiger partial charge in [0.2, 0.25) is 0 Å². The maximum Gasteiger partial charge on any atom is 0.410 e. The van der Waals surface area contributed by atoms with Crippen LogP contribution in [0.3, 0.4) is 0 Å². The molecular weight excluding hydrogens is 432 g/mol. The number of benzene rings is 4. The molecule has 32 heavy (non-hydrogen) atoms. The molecule has 0 heterocycles. The smallest absolute Gasteiger partial charge is 0.410 e. The maximum absolute atomic E-state index is 6.69. The first-order chi connectivity index (χ1) is 15.7. The fraction of sp³-hybridized carbons (Fsp3) is 0.111. The second-order valence-electron chi connectivity index (χ2n) is 7.34. The number of hydrogen-bond donors (Lipinski definition) is 1. The van der Waals surface area contributed by atoms with Crippen molar-refractivity contribution in [3.63, 3.8) is 0 Å². The average Bonchev–Trinajstić information content (AvgIpc) is 2.85. The van der Waals surface area contributed by atoms with Crippen LogP contribution in [-0.4, -0.2) is 22.3 Å². The summed E-state index contributed by atoms with van der Waals surface area (Å²) in [5.74, 6) is 1.41. The van der Waals surface area contributed by atoms with Crippen LogP contribution in [-0.2, 0) is 15.3 Å². The Balaban J connectivity index is 1.75. The largest absolute Gasteiger partial charge is 0.456 e. The Morgan fingerprint density at radius 3 is 2.00 bits per heavy atom. The topological polar surface area (TPSA) is 27.7 Å². The molecule has 1 atom stereocenters. The Kier molecular flexibility index (Phi) is 7.45. The van der Waals surface area contributed by atoms with Gasteiger partial charge in [-0.1, -0.05) is 91.0 Å². The number of thiol groups is 1. The van der Waals surface area contributed by atoms with Crippen molar-refractivity contribution in [3.8, 4) is 11.5 Å². The van der Waals surface area contributed by atoms with E-state index in [1.54, 1.807) is 7.11 Å². The summed E-state index contributed by atoms with van der Waals surface area (Å²) in [6.07, 6.45) is 0.793. The van der Waals surface area contributed by atoms with E-state index in [1.165, 1.54) is 5.56 Å². The molecule has 0 spiro atoms. The molecule has 4 aromatic rings. The molecule has 0 aliphatic carbocycles. The molecule has 4 rings (SSSR count). The Morgan fingerprint density at radius 1 is 0.719 bits per heavy atom. The van der Waals surface area contributed by atoms with Gasteiger partial charge in [-0.25, -0.2) is 0 Å². The van der Waals surface area contributed by atoms with Crippen molar-refractivity contribution < 1.29 is 13.6 Å². The number of ether oxygens (including phenoxy) is 1. The van der Waals surface area contributed by atoms with Gasteiger partial charge in [0, 0.05) is 23.8 Å². The first kappa shape index (κ1) is 22.4. The van der Waals surface area contributed by atoms with E-state index in [1.807, 2.05) is 84.9 Å². The molecule has 162 valence electrons. The molecular formula is C27H26O3SSi. The molecule has 4 aromatic carbocycles. The fourth-order valence-electron chi connectivity index (χ4n) is 3.72. The van der Waals surface area contributed by atoms with Gasteiger partial charge >= 0.3 is 8.56 Å². The van der Waals surface area contributed by atoms with Gasteiger partial charge in [0.25, 0.3) is 0 Å². The van der Waals surface area contributed by atoms with E-state index in [0.717, 1.165) is 27.4 Å². The monoisotopic (exact) mass is 458 g/mol. The van der Waals surface area contributed by atoms with E-state index in [9.17, 15) is 0 Å². The van der Waals surface area contributed by atoms with Crippen molar-refractivity contribution in [1.82, 2.24) is 0 Å². The lowest BCUT2D eigenvalue weighted by Crippen LogP contribution is -2.63. The van der Waals surface area contributed by atoms with Gasteiger partial charge in [0.15, 0.2) is 0 Å². The number of rotatable bonds is 9. The second kappa shape index (κ2) is 10.7. The fourth-order valence-corrected chi connectivity index (χ4v) is 7.10. The zero-order valence-electron chi connectivity index (χ0n) is 18.0. The summed E-state index contributed by atoms with van der Waals surface area (Å²) < 4.78 is 19.3. The van der Waals surface area contributed by atoms with E-state index in [0.29, 0.717) is 12.4 Å². The summed E-state index contributed by atoms with van der Waals surface area (Å²) in [6, 6.07) is 36.1. The molecule has 0 N–H and O–H groups in total. The van der Waals surface area contributed by atoms with Crippen molar-refractivity contribution in [1.29, 1.82) is 0 Å². The zero-order valence-corrected chi connectivity index (χ0v) is 19.9. The quantitative estimate of drug-likeness (QED) is 0.275. The van der Waals surface area contributed by atoms with Crippen molar-refractivity contribution in [3.05, 3.63) is 115 Å². The zero-order chi connectivity index (χ0) is 22.2. The minimum absolute atomic E-state index is 0.528. The third-order valence-corrected chi connectivity index (χ3v) is 9.03. The van der Waals surface area contributed by atoms with E-state index in [4.69, 9.17) is 26.2 Å². The van der Waals surface area contributed by atoms with Crippen LogP contribution in [0.4, 0.5) is 0 Å². The van der Waals surface area contributed by atoms with Crippen LogP contribution >= 0.6 is 12.6 Å². The molecule has 1 unspecified atom stereocenters. The van der Waals surface area contributed by atoms with Gasteiger partial charge < -0.3 is 13.6 Å². The van der Waals surface area contributed by atoms with E-state index in [2.05, 4.69) is 24.3 Å². The lowest BCUT2D eigenvalue weighted by molar-refractivity contribution is 0.226. The first-order valence-corrected chi connectivity index (χ1v) is 12.8. The summed E-state index contributed by atoms with van der Waals surface area (Å²) >= 11 is 4.72. The van der Waals surface area contributed by atoms with Gasteiger partial charge in [-0.15, -0.1) is 12.6 Å². The highest BCUT2D eigenvalue weighted by molar-refractivity contribution is 7.80. The van der Waals surface area contributed by atoms with Crippen molar-refractivity contribution in [2.45, 2.75) is 11.3 Å². The Morgan fingerprint density at radius 2 is 1.34 bits per heavy atom. The summed E-state index contributed by atoms with van der Waals surface area (Å²) in [5, 5.41) is 1.92. The molecule has 0 amide bonds. The van der Waals surface area contributed by atoms with Gasteiger partial charge in [-0.2, -0.15) is 0 Å². The molecule has 0 aliphatic rings. The van der Waals surface area contributed by atoms with Gasteiger partial charge in [0.05, 0.1) is 0 Å². The normalized spacial score (nSPS) is 12.8. The molecule has 0 radical (unpaired) electrons. The van der Waals surface area contributed by atoms with Crippen LogP contribution in [0.2, 0.25) is 0 Å². The van der Waals surface area contributed by atoms with Gasteiger partial charge in [-0.05, 0) is 35.4 Å². The van der Waals surface area contributed by atoms with E-state index in [-0.39, 0.29) is 0 Å². The molecule has 0 aromatic heterocycles. The predicted molar refractivity (Wildman–Crippen MR) is 135 cm³/mol. The lowest BCUT2D eigenvalue weighted by atomic mass is 10.2. The third kappa shape index (κ3) is 4.97. The van der Waals surface area contributed by atoms with Crippen molar-refractivity contribution in [2.24, 2.45) is 0 Å². The minimum Gasteiger partial charge on any atom is -0.456 e. The average molecular weight is 459 g/mol. The van der Waals surface area contributed by atoms with Crippen LogP contribution in [0.5, 0.6) is 11.5 Å². The van der Waals surface area contributed by atoms with Gasteiger partial charge in [0.1, 0.15) is 11.5 Å². The summed E-state index contributed by atoms with van der Waals surface area (Å²) in [5.41, 5.74) is 1.23. The summed E-state index contributed by atoms with van der Waals surface area (Å²) in [6.45, 7) is 0.528. The molecule has 0 aliphatic heterocycles. The Bertz CT molecular complexity index is 1120. The molecule has 0 saturated carbocycles. The SMILES string of the molecule is CO[Si](OCCc1ccccc1)(c1ccccc1)c1cccc(S)c1Oc1ccccc1. The predicted octanol–water partition coefficient (Wildman–Crippen LogP) is 5.23. The molecule has 5 heteroatoms. The Labute approximate surface area is 196 Å². The highest BCUT2D eigenvalue weighted by Gasteiger charge is 2.44. The maximum atomic E-state index is 6.69. The van der Waals surface area contributed by atoms with E-state index < -0.39 is 8.56 Å². The van der Waals surface area contributed by atoms with Crippen molar-refractivity contribution in [2.75, 3.05) is 13.7 Å². The van der Waals surface area contributed by atoms with Crippen LogP contribution in [0.15, 0.2) is 114 Å². The summed E-state index contributed by atoms with van der Waals surface area (Å²) in [4.78, 5) is 0.739. The highest BCUT2D eigenvalue weighted by Crippen LogP contribution is 2.29. The third-order valence-electron chi connectivity index (χ3n) is 5.29. The number of para-hydroxylation sites is 2. The second-order valence-corrected chi connectivity index (χ2v) is 10.9. The molecule has 0 saturated heterocycles. The highest BCUT2D eigenvalue weighted by atomic mass is 32.1. The minimum atomic E-state index is -3.08. The van der Waals surface area contributed by atoms with Crippen LogP contribution in [0.25, 0.3) is 0 Å². The van der Waals surface area contributed by atoms with Crippen LogP contribution in [0.1, 0.15) is 5.56 Å². The van der Waals surface area contributed by atoms with Gasteiger partial charge in [-0.3, -0.25) is 0 Å². The Hall–Kier alpha value is -2.83. The van der Waals surface area contributed by atoms with E-state index >= 15 is 0 Å². The first-order valence-electron chi connectivity index (χ1n) is 10.6. The summed E-state index contributed by atoms with van der Waals surface area (Å²) in [7, 11) is -1.36. The van der Waals surface area contributed by atoms with Crippen LogP contribution < -0.4 is 15.1 Å². The van der Waals surface area contributed by atoms with Crippen LogP contribution in [0, 0.1) is 0 Å².